The number of aromatic nitrogens is 1. The quantitative estimate of drug-likeness (QED) is 0.214. The first kappa shape index (κ1) is 23.3. The molecule has 0 aliphatic carbocycles. The standard InChI is InChI=1S/C27H19ClN2O6S/c1-34-17-6-7-18-21(13-17)37-27(29-18)30-23(14-3-2-4-16(28)11-14)22(25(32)26(30)33)24(31)15-5-8-19-20(12-15)36-10-9-35-19/h2-8,11-13,23,31H,9-10H2,1H3/t23-/m1/s1. The largest absolute Gasteiger partial charge is 0.507 e. The number of carbonyl (C=O) groups excluding carboxylic acids is 2. The summed E-state index contributed by atoms with van der Waals surface area (Å²) >= 11 is 7.54. The zero-order valence-corrected chi connectivity index (χ0v) is 21.0. The number of ether oxygens (including phenoxy) is 3. The van der Waals surface area contributed by atoms with Crippen LogP contribution in [0.2, 0.25) is 5.02 Å². The Morgan fingerprint density at radius 2 is 1.89 bits per heavy atom. The molecular formula is C27H19ClN2O6S. The topological polar surface area (TPSA) is 98.2 Å². The molecule has 1 fully saturated rings. The molecule has 8 nitrogen and oxygen atoms in total. The fourth-order valence-corrected chi connectivity index (χ4v) is 5.71. The first-order valence-corrected chi connectivity index (χ1v) is 12.5. The number of aliphatic hydroxyl groups excluding tert-OH is 1. The molecule has 4 aromatic rings. The van der Waals surface area contributed by atoms with E-state index in [1.807, 2.05) is 6.07 Å². The molecular weight excluding hydrogens is 516 g/mol. The summed E-state index contributed by atoms with van der Waals surface area (Å²) in [6.07, 6.45) is 0. The van der Waals surface area contributed by atoms with Crippen LogP contribution in [0.25, 0.3) is 16.0 Å². The third-order valence-electron chi connectivity index (χ3n) is 6.21. The first-order valence-electron chi connectivity index (χ1n) is 11.4. The third-order valence-corrected chi connectivity index (χ3v) is 7.47. The Kier molecular flexibility index (Phi) is 5.73. The van der Waals surface area contributed by atoms with E-state index in [2.05, 4.69) is 4.98 Å². The molecule has 2 aliphatic rings. The minimum Gasteiger partial charge on any atom is -0.507 e. The van der Waals surface area contributed by atoms with Crippen LogP contribution in [0.5, 0.6) is 17.2 Å². The lowest BCUT2D eigenvalue weighted by Gasteiger charge is -2.23. The maximum absolute atomic E-state index is 13.4. The average Bonchev–Trinajstić information content (AvgIpc) is 3.45. The molecule has 0 saturated carbocycles. The number of rotatable bonds is 4. The molecule has 3 heterocycles. The predicted octanol–water partition coefficient (Wildman–Crippen LogP) is 5.36. The van der Waals surface area contributed by atoms with Gasteiger partial charge in [0.25, 0.3) is 5.78 Å². The Morgan fingerprint density at radius 1 is 1.08 bits per heavy atom. The van der Waals surface area contributed by atoms with Crippen LogP contribution in [0.1, 0.15) is 17.2 Å². The molecule has 0 radical (unpaired) electrons. The summed E-state index contributed by atoms with van der Waals surface area (Å²) in [4.78, 5) is 32.8. The van der Waals surface area contributed by atoms with Gasteiger partial charge in [0, 0.05) is 10.6 Å². The normalized spacial score (nSPS) is 18.4. The van der Waals surface area contributed by atoms with E-state index in [1.54, 1.807) is 61.7 Å². The van der Waals surface area contributed by atoms with Crippen molar-refractivity contribution in [3.8, 4) is 17.2 Å². The van der Waals surface area contributed by atoms with E-state index >= 15 is 0 Å². The zero-order chi connectivity index (χ0) is 25.7. The number of aliphatic hydroxyl groups is 1. The second-order valence-corrected chi connectivity index (χ2v) is 9.86. The summed E-state index contributed by atoms with van der Waals surface area (Å²) in [7, 11) is 1.57. The fraction of sp³-hybridized carbons (Fsp3) is 0.148. The van der Waals surface area contributed by atoms with Gasteiger partial charge in [-0.25, -0.2) is 4.98 Å². The van der Waals surface area contributed by atoms with Crippen LogP contribution < -0.4 is 19.1 Å². The number of hydrogen-bond donors (Lipinski definition) is 1. The van der Waals surface area contributed by atoms with E-state index in [1.165, 1.54) is 16.2 Å². The Hall–Kier alpha value is -4.08. The number of ketones is 1. The van der Waals surface area contributed by atoms with E-state index in [9.17, 15) is 14.7 Å². The molecule has 0 unspecified atom stereocenters. The molecule has 10 heteroatoms. The van der Waals surface area contributed by atoms with Gasteiger partial charge in [0.15, 0.2) is 16.6 Å². The molecule has 3 aromatic carbocycles. The highest BCUT2D eigenvalue weighted by atomic mass is 35.5. The van der Waals surface area contributed by atoms with Gasteiger partial charge in [-0.3, -0.25) is 14.5 Å². The van der Waals surface area contributed by atoms with Crippen molar-refractivity contribution >= 4 is 55.7 Å². The van der Waals surface area contributed by atoms with Gasteiger partial charge in [-0.1, -0.05) is 35.1 Å². The van der Waals surface area contributed by atoms with Crippen LogP contribution in [0.3, 0.4) is 0 Å². The summed E-state index contributed by atoms with van der Waals surface area (Å²) in [6.45, 7) is 0.790. The molecule has 1 atom stereocenters. The van der Waals surface area contributed by atoms with Gasteiger partial charge >= 0.3 is 5.91 Å². The van der Waals surface area contributed by atoms with Crippen LogP contribution in [0.15, 0.2) is 66.2 Å². The van der Waals surface area contributed by atoms with Gasteiger partial charge in [-0.15, -0.1) is 0 Å². The monoisotopic (exact) mass is 534 g/mol. The summed E-state index contributed by atoms with van der Waals surface area (Å²) in [5.74, 6) is -0.312. The number of benzene rings is 3. The summed E-state index contributed by atoms with van der Waals surface area (Å²) in [6, 6.07) is 16.1. The van der Waals surface area contributed by atoms with Crippen molar-refractivity contribution in [1.82, 2.24) is 4.98 Å². The predicted molar refractivity (Wildman–Crippen MR) is 140 cm³/mol. The van der Waals surface area contributed by atoms with Gasteiger partial charge in [0.05, 0.1) is 28.9 Å². The number of carbonyl (C=O) groups is 2. The number of thiazole rings is 1. The number of methoxy groups -OCH3 is 1. The van der Waals surface area contributed by atoms with Gasteiger partial charge in [0.2, 0.25) is 0 Å². The first-order chi connectivity index (χ1) is 17.9. The fourth-order valence-electron chi connectivity index (χ4n) is 4.49. The second-order valence-electron chi connectivity index (χ2n) is 8.41. The minimum absolute atomic E-state index is 0.0687. The lowest BCUT2D eigenvalue weighted by Crippen LogP contribution is -2.29. The number of fused-ring (bicyclic) bond motifs is 2. The van der Waals surface area contributed by atoms with Crippen LogP contribution in [-0.4, -0.2) is 42.1 Å². The molecule has 2 aliphatic heterocycles. The zero-order valence-electron chi connectivity index (χ0n) is 19.4. The van der Waals surface area contributed by atoms with Gasteiger partial charge in [-0.2, -0.15) is 0 Å². The Balaban J connectivity index is 1.53. The molecule has 1 amide bonds. The molecule has 0 spiro atoms. The third kappa shape index (κ3) is 3.96. The van der Waals surface area contributed by atoms with Crippen molar-refractivity contribution in [2.24, 2.45) is 0 Å². The Labute approximate surface area is 220 Å². The smallest absolute Gasteiger partial charge is 0.301 e. The maximum Gasteiger partial charge on any atom is 0.301 e. The molecule has 0 bridgehead atoms. The lowest BCUT2D eigenvalue weighted by atomic mass is 9.95. The van der Waals surface area contributed by atoms with Crippen molar-refractivity contribution < 1.29 is 28.9 Å². The van der Waals surface area contributed by atoms with E-state index in [0.717, 1.165) is 4.70 Å². The van der Waals surface area contributed by atoms with Crippen LogP contribution in [-0.2, 0) is 9.59 Å². The number of halogens is 1. The van der Waals surface area contributed by atoms with Crippen molar-refractivity contribution in [2.75, 3.05) is 25.2 Å². The van der Waals surface area contributed by atoms with Gasteiger partial charge in [-0.05, 0) is 54.1 Å². The molecule has 186 valence electrons. The van der Waals surface area contributed by atoms with E-state index < -0.39 is 17.7 Å². The Morgan fingerprint density at radius 3 is 2.68 bits per heavy atom. The Bertz CT molecular complexity index is 1610. The highest BCUT2D eigenvalue weighted by Gasteiger charge is 2.48. The van der Waals surface area contributed by atoms with Crippen molar-refractivity contribution in [1.29, 1.82) is 0 Å². The maximum atomic E-state index is 13.4. The number of anilines is 1. The number of hydrogen-bond acceptors (Lipinski definition) is 8. The average molecular weight is 535 g/mol. The number of amides is 1. The van der Waals surface area contributed by atoms with Gasteiger partial charge < -0.3 is 19.3 Å². The van der Waals surface area contributed by atoms with Crippen LogP contribution >= 0.6 is 22.9 Å². The SMILES string of the molecule is COc1ccc2nc(N3C(=O)C(=O)C(=C(O)c4ccc5c(c4)OCCO5)[C@H]3c3cccc(Cl)c3)sc2c1. The molecule has 1 saturated heterocycles. The van der Waals surface area contributed by atoms with Crippen LogP contribution in [0, 0.1) is 0 Å². The second kappa shape index (κ2) is 9.10. The molecule has 6 rings (SSSR count). The number of Topliss-reactive ketones (excluding diaryl/α,β-unsaturated/α-hetero) is 1. The van der Waals surface area contributed by atoms with Crippen molar-refractivity contribution in [2.45, 2.75) is 6.04 Å². The summed E-state index contributed by atoms with van der Waals surface area (Å²) in [5, 5.41) is 12.1. The lowest BCUT2D eigenvalue weighted by molar-refractivity contribution is -0.132. The van der Waals surface area contributed by atoms with Crippen molar-refractivity contribution in [3.05, 3.63) is 82.4 Å². The molecule has 1 N–H and O–H groups in total. The van der Waals surface area contributed by atoms with Crippen molar-refractivity contribution in [3.63, 3.8) is 0 Å². The summed E-state index contributed by atoms with van der Waals surface area (Å²) in [5.41, 5.74) is 1.46. The highest BCUT2D eigenvalue weighted by Crippen LogP contribution is 2.45. The van der Waals surface area contributed by atoms with Crippen LogP contribution in [0.4, 0.5) is 5.13 Å². The van der Waals surface area contributed by atoms with E-state index in [0.29, 0.717) is 57.3 Å². The van der Waals surface area contributed by atoms with E-state index in [-0.39, 0.29) is 11.3 Å². The molecule has 1 aromatic heterocycles. The van der Waals surface area contributed by atoms with E-state index in [4.69, 9.17) is 25.8 Å². The molecule has 37 heavy (non-hydrogen) atoms. The van der Waals surface area contributed by atoms with Gasteiger partial charge in [0.1, 0.15) is 24.7 Å². The number of nitrogens with zero attached hydrogens (tertiary/aromatic N) is 2. The summed E-state index contributed by atoms with van der Waals surface area (Å²) < 4.78 is 17.3. The highest BCUT2D eigenvalue weighted by molar-refractivity contribution is 7.22. The minimum atomic E-state index is -0.950.